The molecule has 114 valence electrons. The molecule has 0 aliphatic heterocycles. The average molecular weight is 310 g/mol. The van der Waals surface area contributed by atoms with Crippen LogP contribution in [0.5, 0.6) is 0 Å². The number of hydrogen-bond donors (Lipinski definition) is 2. The van der Waals surface area contributed by atoms with Gasteiger partial charge in [-0.15, -0.1) is 0 Å². The number of carbonyl (C=O) groups excluding carboxylic acids is 2. The Morgan fingerprint density at radius 3 is 2.71 bits per heavy atom. The van der Waals surface area contributed by atoms with Crippen molar-refractivity contribution in [1.29, 1.82) is 0 Å². The Kier molecular flexibility index (Phi) is 5.17. The normalized spacial score (nSPS) is 14.1. The van der Waals surface area contributed by atoms with E-state index in [2.05, 4.69) is 15.6 Å². The molecule has 0 aromatic carbocycles. The van der Waals surface area contributed by atoms with Crippen LogP contribution in [0.1, 0.15) is 55.1 Å². The average Bonchev–Trinajstić information content (AvgIpc) is 3.21. The molecule has 1 aromatic rings. The molecule has 1 saturated carbocycles. The minimum Gasteiger partial charge on any atom is -0.353 e. The van der Waals surface area contributed by atoms with Crippen molar-refractivity contribution in [2.45, 2.75) is 45.1 Å². The van der Waals surface area contributed by atoms with Gasteiger partial charge < -0.3 is 10.6 Å². The first-order valence-corrected chi connectivity index (χ1v) is 7.58. The maximum absolute atomic E-state index is 12.1. The molecule has 1 fully saturated rings. The van der Waals surface area contributed by atoms with E-state index in [4.69, 9.17) is 11.6 Å². The first-order chi connectivity index (χ1) is 9.95. The van der Waals surface area contributed by atoms with Crippen molar-refractivity contribution in [3.63, 3.8) is 0 Å². The fourth-order valence-corrected chi connectivity index (χ4v) is 2.08. The fourth-order valence-electron chi connectivity index (χ4n) is 1.86. The molecule has 21 heavy (non-hydrogen) atoms. The number of aromatic nitrogens is 1. The van der Waals surface area contributed by atoms with Gasteiger partial charge in [0.1, 0.15) is 5.15 Å². The first kappa shape index (κ1) is 15.8. The van der Waals surface area contributed by atoms with Crippen molar-refractivity contribution in [3.05, 3.63) is 28.5 Å². The van der Waals surface area contributed by atoms with Gasteiger partial charge in [0.2, 0.25) is 5.91 Å². The van der Waals surface area contributed by atoms with Crippen molar-refractivity contribution >= 4 is 23.4 Å². The standard InChI is InChI=1S/C15H20ClN3O2/c1-9(2)12-7-10(8-13(16)19-12)15(21)17-6-5-14(20)18-11-3-4-11/h7-9,11H,3-6H2,1-2H3,(H,17,21)(H,18,20). The Balaban J connectivity index is 1.86. The number of nitrogens with one attached hydrogen (secondary N) is 2. The maximum Gasteiger partial charge on any atom is 0.251 e. The summed E-state index contributed by atoms with van der Waals surface area (Å²) in [6.45, 7) is 4.29. The molecule has 1 heterocycles. The zero-order valence-corrected chi connectivity index (χ0v) is 13.0. The smallest absolute Gasteiger partial charge is 0.251 e. The predicted molar refractivity (Wildman–Crippen MR) is 81.5 cm³/mol. The van der Waals surface area contributed by atoms with E-state index in [0.717, 1.165) is 18.5 Å². The molecule has 0 radical (unpaired) electrons. The van der Waals surface area contributed by atoms with E-state index in [9.17, 15) is 9.59 Å². The Hall–Kier alpha value is -1.62. The third-order valence-corrected chi connectivity index (χ3v) is 3.44. The van der Waals surface area contributed by atoms with E-state index < -0.39 is 0 Å². The van der Waals surface area contributed by atoms with Gasteiger partial charge in [-0.05, 0) is 30.9 Å². The summed E-state index contributed by atoms with van der Waals surface area (Å²) in [4.78, 5) is 27.8. The number of amides is 2. The third-order valence-electron chi connectivity index (χ3n) is 3.25. The zero-order valence-electron chi connectivity index (χ0n) is 12.3. The van der Waals surface area contributed by atoms with E-state index in [1.807, 2.05) is 13.8 Å². The van der Waals surface area contributed by atoms with Gasteiger partial charge in [-0.25, -0.2) is 4.98 Å². The van der Waals surface area contributed by atoms with E-state index in [1.54, 1.807) is 6.07 Å². The molecule has 5 nitrogen and oxygen atoms in total. The minimum absolute atomic E-state index is 0.0200. The highest BCUT2D eigenvalue weighted by Gasteiger charge is 2.22. The summed E-state index contributed by atoms with van der Waals surface area (Å²) in [7, 11) is 0. The minimum atomic E-state index is -0.236. The summed E-state index contributed by atoms with van der Waals surface area (Å²) < 4.78 is 0. The summed E-state index contributed by atoms with van der Waals surface area (Å²) in [6.07, 6.45) is 2.41. The van der Waals surface area contributed by atoms with Crippen LogP contribution in [0.3, 0.4) is 0 Å². The molecule has 0 atom stereocenters. The Morgan fingerprint density at radius 1 is 1.38 bits per heavy atom. The van der Waals surface area contributed by atoms with Crippen LogP contribution in [0.2, 0.25) is 5.15 Å². The van der Waals surface area contributed by atoms with Crippen LogP contribution in [-0.4, -0.2) is 29.4 Å². The van der Waals surface area contributed by atoms with E-state index in [1.165, 1.54) is 6.07 Å². The third kappa shape index (κ3) is 5.01. The number of rotatable bonds is 6. The van der Waals surface area contributed by atoms with Crippen LogP contribution in [0.25, 0.3) is 0 Å². The topological polar surface area (TPSA) is 71.1 Å². The van der Waals surface area contributed by atoms with Gasteiger partial charge >= 0.3 is 0 Å². The molecular weight excluding hydrogens is 290 g/mol. The molecule has 0 unspecified atom stereocenters. The Bertz CT molecular complexity index is 542. The summed E-state index contributed by atoms with van der Waals surface area (Å²) in [5, 5.41) is 5.91. The van der Waals surface area contributed by atoms with Gasteiger partial charge in [-0.1, -0.05) is 25.4 Å². The molecule has 2 amide bonds. The molecule has 0 saturated heterocycles. The monoisotopic (exact) mass is 309 g/mol. The van der Waals surface area contributed by atoms with Gasteiger partial charge in [0, 0.05) is 30.3 Å². The van der Waals surface area contributed by atoms with Gasteiger partial charge in [0.25, 0.3) is 5.91 Å². The number of halogens is 1. The largest absolute Gasteiger partial charge is 0.353 e. The lowest BCUT2D eigenvalue weighted by atomic mass is 10.1. The Morgan fingerprint density at radius 2 is 2.10 bits per heavy atom. The number of hydrogen-bond acceptors (Lipinski definition) is 3. The summed E-state index contributed by atoms with van der Waals surface area (Å²) in [6, 6.07) is 3.62. The molecule has 2 N–H and O–H groups in total. The highest BCUT2D eigenvalue weighted by atomic mass is 35.5. The van der Waals surface area contributed by atoms with Crippen LogP contribution in [0.4, 0.5) is 0 Å². The summed E-state index contributed by atoms with van der Waals surface area (Å²) in [5.41, 5.74) is 1.25. The van der Waals surface area contributed by atoms with Crippen molar-refractivity contribution < 1.29 is 9.59 Å². The molecule has 0 bridgehead atoms. The SMILES string of the molecule is CC(C)c1cc(C(=O)NCCC(=O)NC2CC2)cc(Cl)n1. The van der Waals surface area contributed by atoms with Crippen LogP contribution in [0, 0.1) is 0 Å². The molecule has 1 aromatic heterocycles. The first-order valence-electron chi connectivity index (χ1n) is 7.20. The van der Waals surface area contributed by atoms with Gasteiger partial charge in [-0.2, -0.15) is 0 Å². The maximum atomic E-state index is 12.1. The van der Waals surface area contributed by atoms with Crippen molar-refractivity contribution in [2.24, 2.45) is 0 Å². The number of carbonyl (C=O) groups is 2. The predicted octanol–water partition coefficient (Wildman–Crippen LogP) is 2.26. The molecule has 6 heteroatoms. The highest BCUT2D eigenvalue weighted by molar-refractivity contribution is 6.29. The van der Waals surface area contributed by atoms with Gasteiger partial charge in [-0.3, -0.25) is 9.59 Å². The van der Waals surface area contributed by atoms with E-state index >= 15 is 0 Å². The summed E-state index contributed by atoms with van der Waals surface area (Å²) >= 11 is 5.93. The molecule has 0 spiro atoms. The van der Waals surface area contributed by atoms with Crippen LogP contribution >= 0.6 is 11.6 Å². The lowest BCUT2D eigenvalue weighted by molar-refractivity contribution is -0.121. The second kappa shape index (κ2) is 6.89. The zero-order chi connectivity index (χ0) is 15.4. The second-order valence-electron chi connectivity index (χ2n) is 5.61. The van der Waals surface area contributed by atoms with Crippen LogP contribution in [0.15, 0.2) is 12.1 Å². The van der Waals surface area contributed by atoms with Gasteiger partial charge in [0.05, 0.1) is 0 Å². The van der Waals surface area contributed by atoms with Gasteiger partial charge in [0.15, 0.2) is 0 Å². The lowest BCUT2D eigenvalue weighted by Crippen LogP contribution is -2.31. The van der Waals surface area contributed by atoms with Crippen molar-refractivity contribution in [3.8, 4) is 0 Å². The number of pyridine rings is 1. The molecule has 1 aliphatic carbocycles. The van der Waals surface area contributed by atoms with E-state index in [0.29, 0.717) is 23.3 Å². The lowest BCUT2D eigenvalue weighted by Gasteiger charge is -2.09. The fraction of sp³-hybridized carbons (Fsp3) is 0.533. The molecular formula is C15H20ClN3O2. The van der Waals surface area contributed by atoms with Crippen LogP contribution < -0.4 is 10.6 Å². The molecule has 2 rings (SSSR count). The van der Waals surface area contributed by atoms with Crippen molar-refractivity contribution in [1.82, 2.24) is 15.6 Å². The molecule has 1 aliphatic rings. The van der Waals surface area contributed by atoms with Crippen LogP contribution in [-0.2, 0) is 4.79 Å². The van der Waals surface area contributed by atoms with E-state index in [-0.39, 0.29) is 24.2 Å². The van der Waals surface area contributed by atoms with Crippen molar-refractivity contribution in [2.75, 3.05) is 6.54 Å². The number of nitrogens with zero attached hydrogens (tertiary/aromatic N) is 1. The quantitative estimate of drug-likeness (QED) is 0.792. The Labute approximate surface area is 129 Å². The highest BCUT2D eigenvalue weighted by Crippen LogP contribution is 2.19. The summed E-state index contributed by atoms with van der Waals surface area (Å²) in [5.74, 6) is -0.0616. The second-order valence-corrected chi connectivity index (χ2v) is 5.99.